The van der Waals surface area contributed by atoms with Crippen LogP contribution in [-0.2, 0) is 5.41 Å². The Balaban J connectivity index is 0.939. The third kappa shape index (κ3) is 5.47. The van der Waals surface area contributed by atoms with Gasteiger partial charge >= 0.3 is 0 Å². The number of benzene rings is 10. The summed E-state index contributed by atoms with van der Waals surface area (Å²) in [6.07, 6.45) is 0. The zero-order valence-corrected chi connectivity index (χ0v) is 35.6. The van der Waals surface area contributed by atoms with Crippen molar-refractivity contribution in [2.45, 2.75) is 19.3 Å². The average Bonchev–Trinajstić information content (AvgIpc) is 3.98. The first-order chi connectivity index (χ1) is 31.5. The summed E-state index contributed by atoms with van der Waals surface area (Å²) in [5, 5.41) is 7.09. The molecule has 64 heavy (non-hydrogen) atoms. The third-order valence-electron chi connectivity index (χ3n) is 13.8. The maximum absolute atomic E-state index is 6.81. The highest BCUT2D eigenvalue weighted by Gasteiger charge is 2.35. The van der Waals surface area contributed by atoms with Crippen LogP contribution in [0, 0.1) is 0 Å². The van der Waals surface area contributed by atoms with E-state index in [4.69, 9.17) is 4.42 Å². The monoisotopic (exact) mass is 818 g/mol. The van der Waals surface area contributed by atoms with Crippen LogP contribution < -0.4 is 4.90 Å². The molecule has 10 aromatic carbocycles. The van der Waals surface area contributed by atoms with Gasteiger partial charge in [-0.25, -0.2) is 0 Å². The molecular formula is C61H42N2O. The van der Waals surface area contributed by atoms with Crippen molar-refractivity contribution in [1.82, 2.24) is 4.57 Å². The molecule has 0 radical (unpaired) electrons. The fourth-order valence-electron chi connectivity index (χ4n) is 10.6. The van der Waals surface area contributed by atoms with Crippen molar-refractivity contribution >= 4 is 71.6 Å². The summed E-state index contributed by atoms with van der Waals surface area (Å²) in [5.74, 6) is 0. The fourth-order valence-corrected chi connectivity index (χ4v) is 10.6. The second kappa shape index (κ2) is 13.9. The molecule has 0 spiro atoms. The number of anilines is 3. The highest BCUT2D eigenvalue weighted by Crippen LogP contribution is 2.50. The van der Waals surface area contributed by atoms with E-state index < -0.39 is 0 Å². The van der Waals surface area contributed by atoms with Gasteiger partial charge in [0.15, 0.2) is 5.58 Å². The third-order valence-corrected chi connectivity index (χ3v) is 13.8. The molecule has 3 nitrogen and oxygen atoms in total. The van der Waals surface area contributed by atoms with Crippen molar-refractivity contribution < 1.29 is 4.42 Å². The van der Waals surface area contributed by atoms with E-state index in [0.29, 0.717) is 0 Å². The van der Waals surface area contributed by atoms with Crippen molar-refractivity contribution in [3.63, 3.8) is 0 Å². The lowest BCUT2D eigenvalue weighted by atomic mass is 9.82. The van der Waals surface area contributed by atoms with Crippen LogP contribution in [-0.4, -0.2) is 4.57 Å². The summed E-state index contributed by atoms with van der Waals surface area (Å²) in [6, 6.07) is 79.5. The molecule has 0 fully saturated rings. The predicted molar refractivity (Wildman–Crippen MR) is 269 cm³/mol. The first kappa shape index (κ1) is 36.5. The van der Waals surface area contributed by atoms with Gasteiger partial charge < -0.3 is 13.9 Å². The lowest BCUT2D eigenvalue weighted by molar-refractivity contribution is 0.660. The molecule has 0 atom stereocenters. The summed E-state index contributed by atoms with van der Waals surface area (Å²) in [5.41, 5.74) is 18.5. The Bertz CT molecular complexity index is 3800. The number of fused-ring (bicyclic) bond motifs is 11. The molecule has 302 valence electrons. The Kier molecular flexibility index (Phi) is 7.95. The molecule has 2 heterocycles. The summed E-state index contributed by atoms with van der Waals surface area (Å²) >= 11 is 0. The van der Waals surface area contributed by atoms with Crippen LogP contribution in [0.3, 0.4) is 0 Å². The molecule has 0 saturated heterocycles. The Morgan fingerprint density at radius 3 is 1.81 bits per heavy atom. The van der Waals surface area contributed by atoms with Gasteiger partial charge in [0.25, 0.3) is 0 Å². The van der Waals surface area contributed by atoms with Crippen molar-refractivity contribution in [1.29, 1.82) is 0 Å². The number of hydrogen-bond donors (Lipinski definition) is 0. The lowest BCUT2D eigenvalue weighted by Crippen LogP contribution is -2.15. The lowest BCUT2D eigenvalue weighted by Gasteiger charge is -2.26. The van der Waals surface area contributed by atoms with Gasteiger partial charge in [0, 0.05) is 44.0 Å². The van der Waals surface area contributed by atoms with Crippen LogP contribution in [0.5, 0.6) is 0 Å². The molecule has 13 rings (SSSR count). The van der Waals surface area contributed by atoms with E-state index in [2.05, 4.69) is 236 Å². The second-order valence-corrected chi connectivity index (χ2v) is 17.7. The van der Waals surface area contributed by atoms with Crippen molar-refractivity contribution in [3.8, 4) is 39.1 Å². The molecule has 0 N–H and O–H groups in total. The highest BCUT2D eigenvalue weighted by molar-refractivity contribution is 6.23. The Morgan fingerprint density at radius 2 is 1.02 bits per heavy atom. The molecule has 0 unspecified atom stereocenters. The SMILES string of the molecule is CC1(C)c2ccccc2-c2ccc(-n3c4ccccc4c4cc(-c5ccc(N(c6ccc(-c7ccccc7)cc6)c6cc7ccccc7c7c6oc6ccccc67)cc5)ccc43)cc21. The van der Waals surface area contributed by atoms with Crippen molar-refractivity contribution in [2.75, 3.05) is 4.90 Å². The number of aromatic nitrogens is 1. The number of hydrogen-bond acceptors (Lipinski definition) is 2. The molecule has 0 amide bonds. The maximum Gasteiger partial charge on any atom is 0.160 e. The van der Waals surface area contributed by atoms with E-state index in [-0.39, 0.29) is 5.41 Å². The van der Waals surface area contributed by atoms with Crippen LogP contribution in [0.4, 0.5) is 17.1 Å². The Morgan fingerprint density at radius 1 is 0.422 bits per heavy atom. The van der Waals surface area contributed by atoms with E-state index in [9.17, 15) is 0 Å². The van der Waals surface area contributed by atoms with E-state index in [1.165, 1.54) is 77.2 Å². The summed E-state index contributed by atoms with van der Waals surface area (Å²) < 4.78 is 9.26. The zero-order valence-electron chi connectivity index (χ0n) is 35.6. The largest absolute Gasteiger partial charge is 0.454 e. The zero-order chi connectivity index (χ0) is 42.5. The smallest absolute Gasteiger partial charge is 0.160 e. The molecule has 0 aliphatic heterocycles. The topological polar surface area (TPSA) is 21.3 Å². The molecule has 0 saturated carbocycles. The summed E-state index contributed by atoms with van der Waals surface area (Å²) in [4.78, 5) is 2.35. The van der Waals surface area contributed by atoms with E-state index in [0.717, 1.165) is 44.6 Å². The Hall–Kier alpha value is -8.14. The van der Waals surface area contributed by atoms with Gasteiger partial charge in [0.2, 0.25) is 0 Å². The summed E-state index contributed by atoms with van der Waals surface area (Å²) in [6.45, 7) is 4.71. The molecule has 12 aromatic rings. The molecule has 1 aliphatic carbocycles. The van der Waals surface area contributed by atoms with Gasteiger partial charge in [0.05, 0.1) is 16.7 Å². The standard InChI is InChI=1S/C61H42N2O/c1-61(2)53-21-11-8-18-48(53)49-34-33-46(38-54(49)61)63-55-22-12-9-19-50(55)52-36-42(28-35-56(52)63)41-26-31-45(32-27-41)62(44-29-24-40(25-30-44)39-14-4-3-5-15-39)57-37-43-16-6-7-17-47(43)59-51-20-10-13-23-58(51)64-60(57)59/h3-38H,1-2H3. The van der Waals surface area contributed by atoms with Gasteiger partial charge in [-0.15, -0.1) is 0 Å². The van der Waals surface area contributed by atoms with Gasteiger partial charge in [0.1, 0.15) is 5.58 Å². The molecule has 3 heteroatoms. The normalized spacial score (nSPS) is 13.0. The second-order valence-electron chi connectivity index (χ2n) is 17.7. The van der Waals surface area contributed by atoms with Crippen LogP contribution in [0.15, 0.2) is 223 Å². The van der Waals surface area contributed by atoms with Crippen LogP contribution >= 0.6 is 0 Å². The minimum Gasteiger partial charge on any atom is -0.454 e. The van der Waals surface area contributed by atoms with E-state index in [1.54, 1.807) is 0 Å². The van der Waals surface area contributed by atoms with Gasteiger partial charge in [-0.2, -0.15) is 0 Å². The van der Waals surface area contributed by atoms with E-state index in [1.807, 2.05) is 6.07 Å². The minimum atomic E-state index is -0.0758. The number of nitrogens with zero attached hydrogens (tertiary/aromatic N) is 2. The van der Waals surface area contributed by atoms with Crippen LogP contribution in [0.1, 0.15) is 25.0 Å². The first-order valence-corrected chi connectivity index (χ1v) is 22.2. The molecule has 1 aliphatic rings. The van der Waals surface area contributed by atoms with Gasteiger partial charge in [-0.05, 0) is 122 Å². The number of rotatable bonds is 6. The molecule has 0 bridgehead atoms. The first-order valence-electron chi connectivity index (χ1n) is 22.2. The van der Waals surface area contributed by atoms with Gasteiger partial charge in [-0.3, -0.25) is 0 Å². The van der Waals surface area contributed by atoms with Crippen LogP contribution in [0.2, 0.25) is 0 Å². The van der Waals surface area contributed by atoms with Crippen molar-refractivity contribution in [3.05, 3.63) is 230 Å². The maximum atomic E-state index is 6.81. The molecule has 2 aromatic heterocycles. The predicted octanol–water partition coefficient (Wildman–Crippen LogP) is 16.9. The fraction of sp³-hybridized carbons (Fsp3) is 0.0492. The summed E-state index contributed by atoms with van der Waals surface area (Å²) in [7, 11) is 0. The van der Waals surface area contributed by atoms with Gasteiger partial charge in [-0.1, -0.05) is 166 Å². The van der Waals surface area contributed by atoms with Crippen LogP contribution in [0.25, 0.3) is 93.6 Å². The van der Waals surface area contributed by atoms with Crippen molar-refractivity contribution in [2.24, 2.45) is 0 Å². The Labute approximate surface area is 371 Å². The molecular weight excluding hydrogens is 777 g/mol. The minimum absolute atomic E-state index is 0.0758. The average molecular weight is 819 g/mol. The number of furan rings is 1. The highest BCUT2D eigenvalue weighted by atomic mass is 16.3. The number of para-hydroxylation sites is 2. The van der Waals surface area contributed by atoms with E-state index >= 15 is 0 Å². The quantitative estimate of drug-likeness (QED) is 0.167.